The van der Waals surface area contributed by atoms with Crippen LogP contribution in [0.5, 0.6) is 5.75 Å². The number of aromatic nitrogens is 1. The molecule has 31 heavy (non-hydrogen) atoms. The second-order valence-electron chi connectivity index (χ2n) is 8.27. The Hall–Kier alpha value is -2.54. The van der Waals surface area contributed by atoms with Gasteiger partial charge in [0, 0.05) is 34.6 Å². The second kappa shape index (κ2) is 8.91. The summed E-state index contributed by atoms with van der Waals surface area (Å²) in [6, 6.07) is 13.5. The van der Waals surface area contributed by atoms with Crippen LogP contribution in [0, 0.1) is 0 Å². The van der Waals surface area contributed by atoms with Crippen LogP contribution < -0.4 is 4.74 Å². The van der Waals surface area contributed by atoms with E-state index in [4.69, 9.17) is 21.1 Å². The molecule has 2 aromatic carbocycles. The topological polar surface area (TPSA) is 74.8 Å². The summed E-state index contributed by atoms with van der Waals surface area (Å²) < 4.78 is 11.1. The molecule has 0 radical (unpaired) electrons. The number of halogens is 1. The molecule has 0 spiro atoms. The third-order valence-corrected chi connectivity index (χ3v) is 5.71. The molecule has 2 heterocycles. The molecule has 1 amide bonds. The first kappa shape index (κ1) is 21.7. The van der Waals surface area contributed by atoms with Gasteiger partial charge in [0.15, 0.2) is 5.79 Å². The molecule has 6 nitrogen and oxygen atoms in total. The fourth-order valence-electron chi connectivity index (χ4n) is 4.07. The second-order valence-corrected chi connectivity index (χ2v) is 8.71. The Bertz CT molecular complexity index is 1060. The number of H-pyrrole nitrogens is 1. The minimum atomic E-state index is -1.13. The highest BCUT2D eigenvalue weighted by Crippen LogP contribution is 2.38. The Labute approximate surface area is 186 Å². The van der Waals surface area contributed by atoms with Crippen molar-refractivity contribution in [3.05, 3.63) is 64.3 Å². The maximum absolute atomic E-state index is 11.8. The first-order chi connectivity index (χ1) is 14.9. The largest absolute Gasteiger partial charge is 0.494 e. The third kappa shape index (κ3) is 4.87. The van der Waals surface area contributed by atoms with E-state index in [0.717, 1.165) is 40.7 Å². The summed E-state index contributed by atoms with van der Waals surface area (Å²) in [5, 5.41) is 11.4. The average molecular weight is 443 g/mol. The number of nitrogens with zero attached hydrogens (tertiary/aromatic N) is 1. The molecule has 4 rings (SSSR count). The van der Waals surface area contributed by atoms with Gasteiger partial charge in [-0.2, -0.15) is 0 Å². The molecule has 0 bridgehead atoms. The van der Waals surface area contributed by atoms with E-state index in [1.807, 2.05) is 47.4 Å². The predicted molar refractivity (Wildman–Crippen MR) is 120 cm³/mol. The highest BCUT2D eigenvalue weighted by atomic mass is 35.5. The summed E-state index contributed by atoms with van der Waals surface area (Å²) in [7, 11) is 0. The zero-order valence-electron chi connectivity index (χ0n) is 17.7. The number of hydrogen-bond donors (Lipinski definition) is 2. The minimum absolute atomic E-state index is 0.179. The summed E-state index contributed by atoms with van der Waals surface area (Å²) in [6.45, 7) is 4.78. The fraction of sp³-hybridized carbons (Fsp3) is 0.375. The monoisotopic (exact) mass is 442 g/mol. The number of nitrogens with one attached hydrogen (secondary N) is 1. The predicted octanol–water partition coefficient (Wildman–Crippen LogP) is 4.44. The molecule has 0 saturated carbocycles. The highest BCUT2D eigenvalue weighted by Gasteiger charge is 2.31. The Kier molecular flexibility index (Phi) is 6.23. The molecular formula is C24H27ClN2O4. The molecule has 1 unspecified atom stereocenters. The minimum Gasteiger partial charge on any atom is -0.494 e. The average Bonchev–Trinajstić information content (AvgIpc) is 3.10. The number of aromatic amines is 1. The van der Waals surface area contributed by atoms with E-state index in [1.165, 1.54) is 5.56 Å². The summed E-state index contributed by atoms with van der Waals surface area (Å²) in [4.78, 5) is 17.1. The first-order valence-corrected chi connectivity index (χ1v) is 10.8. The molecule has 3 aromatic rings. The Morgan fingerprint density at radius 3 is 2.71 bits per heavy atom. The molecule has 1 aromatic heterocycles. The van der Waals surface area contributed by atoms with E-state index in [-0.39, 0.29) is 6.04 Å². The summed E-state index contributed by atoms with van der Waals surface area (Å²) in [6.07, 6.45) is 2.38. The maximum atomic E-state index is 11.8. The quantitative estimate of drug-likeness (QED) is 0.307. The maximum Gasteiger partial charge on any atom is 0.210 e. The first-order valence-electron chi connectivity index (χ1n) is 10.5. The van der Waals surface area contributed by atoms with Crippen molar-refractivity contribution in [2.24, 2.45) is 0 Å². The standard InChI is InChI=1S/C24H27ClN2O4/c1-24(2,29)31-13-3-12-30-18-7-4-16(5-8-18)23-22-19(10-11-27(23)15-28)20-14-17(25)6-9-21(20)26-22/h4-9,14-15,23,26,29H,3,10-13H2,1-2H3. The van der Waals surface area contributed by atoms with Crippen LogP contribution in [0.15, 0.2) is 42.5 Å². The number of carbonyl (C=O) groups is 1. The molecular weight excluding hydrogens is 416 g/mol. The normalized spacial score (nSPS) is 16.4. The molecule has 1 atom stereocenters. The van der Waals surface area contributed by atoms with Gasteiger partial charge in [0.1, 0.15) is 5.75 Å². The van der Waals surface area contributed by atoms with E-state index >= 15 is 0 Å². The summed E-state index contributed by atoms with van der Waals surface area (Å²) in [5.41, 5.74) is 4.30. The molecule has 1 aliphatic rings. The van der Waals surface area contributed by atoms with E-state index in [0.29, 0.717) is 31.2 Å². The van der Waals surface area contributed by atoms with Crippen LogP contribution in [-0.4, -0.2) is 46.9 Å². The van der Waals surface area contributed by atoms with Gasteiger partial charge in [-0.1, -0.05) is 23.7 Å². The zero-order valence-corrected chi connectivity index (χ0v) is 18.5. The van der Waals surface area contributed by atoms with Gasteiger partial charge in [0.25, 0.3) is 0 Å². The molecule has 2 N–H and O–H groups in total. The van der Waals surface area contributed by atoms with Crippen molar-refractivity contribution in [2.75, 3.05) is 19.8 Å². The van der Waals surface area contributed by atoms with Crippen LogP contribution in [-0.2, 0) is 16.0 Å². The molecule has 1 aliphatic heterocycles. The number of amides is 1. The number of aliphatic hydroxyl groups is 1. The van der Waals surface area contributed by atoms with Gasteiger partial charge in [-0.05, 0) is 61.7 Å². The molecule has 0 fully saturated rings. The fourth-order valence-corrected chi connectivity index (χ4v) is 4.24. The zero-order chi connectivity index (χ0) is 22.0. The van der Waals surface area contributed by atoms with Crippen LogP contribution in [0.4, 0.5) is 0 Å². The highest BCUT2D eigenvalue weighted by molar-refractivity contribution is 6.31. The van der Waals surface area contributed by atoms with Gasteiger partial charge >= 0.3 is 0 Å². The van der Waals surface area contributed by atoms with Crippen LogP contribution in [0.3, 0.4) is 0 Å². The molecule has 0 aliphatic carbocycles. The smallest absolute Gasteiger partial charge is 0.210 e. The Morgan fingerprint density at radius 2 is 2.00 bits per heavy atom. The van der Waals surface area contributed by atoms with Crippen molar-refractivity contribution >= 4 is 28.9 Å². The lowest BCUT2D eigenvalue weighted by Crippen LogP contribution is -2.34. The lowest BCUT2D eigenvalue weighted by atomic mass is 9.93. The van der Waals surface area contributed by atoms with Gasteiger partial charge in [-0.15, -0.1) is 0 Å². The van der Waals surface area contributed by atoms with Crippen molar-refractivity contribution in [1.29, 1.82) is 0 Å². The van der Waals surface area contributed by atoms with Crippen molar-refractivity contribution in [3.63, 3.8) is 0 Å². The van der Waals surface area contributed by atoms with Crippen molar-refractivity contribution in [3.8, 4) is 5.75 Å². The molecule has 0 saturated heterocycles. The number of hydrogen-bond acceptors (Lipinski definition) is 4. The van der Waals surface area contributed by atoms with E-state index in [1.54, 1.807) is 13.8 Å². The number of ether oxygens (including phenoxy) is 2. The van der Waals surface area contributed by atoms with Crippen LogP contribution in [0.25, 0.3) is 10.9 Å². The Balaban J connectivity index is 1.51. The Morgan fingerprint density at radius 1 is 1.23 bits per heavy atom. The molecule has 164 valence electrons. The van der Waals surface area contributed by atoms with E-state index in [2.05, 4.69) is 4.98 Å². The van der Waals surface area contributed by atoms with E-state index < -0.39 is 5.79 Å². The summed E-state index contributed by atoms with van der Waals surface area (Å²) in [5.74, 6) is -0.372. The SMILES string of the molecule is CC(C)(O)OCCCOc1ccc(C2c3[nH]c4ccc(Cl)cc4c3CCN2C=O)cc1. The number of fused-ring (bicyclic) bond motifs is 3. The van der Waals surface area contributed by atoms with E-state index in [9.17, 15) is 9.90 Å². The van der Waals surface area contributed by atoms with Gasteiger partial charge in [-0.25, -0.2) is 0 Å². The van der Waals surface area contributed by atoms with Gasteiger partial charge < -0.3 is 24.5 Å². The van der Waals surface area contributed by atoms with Gasteiger partial charge in [0.2, 0.25) is 6.41 Å². The number of carbonyl (C=O) groups excluding carboxylic acids is 1. The van der Waals surface area contributed by atoms with Gasteiger partial charge in [0.05, 0.1) is 19.3 Å². The van der Waals surface area contributed by atoms with Crippen molar-refractivity contribution in [1.82, 2.24) is 9.88 Å². The lowest BCUT2D eigenvalue weighted by molar-refractivity contribution is -0.176. The third-order valence-electron chi connectivity index (χ3n) is 5.47. The van der Waals surface area contributed by atoms with Crippen LogP contribution in [0.1, 0.15) is 43.1 Å². The lowest BCUT2D eigenvalue weighted by Gasteiger charge is -2.33. The van der Waals surface area contributed by atoms with Crippen molar-refractivity contribution < 1.29 is 19.4 Å². The van der Waals surface area contributed by atoms with Crippen LogP contribution >= 0.6 is 11.6 Å². The van der Waals surface area contributed by atoms with Crippen LogP contribution in [0.2, 0.25) is 5.02 Å². The van der Waals surface area contributed by atoms with Gasteiger partial charge in [-0.3, -0.25) is 4.79 Å². The summed E-state index contributed by atoms with van der Waals surface area (Å²) >= 11 is 6.21. The number of rotatable bonds is 8. The molecule has 7 heteroatoms. The number of benzene rings is 2. The van der Waals surface area contributed by atoms with Crippen molar-refractivity contribution in [2.45, 2.75) is 38.5 Å².